The first-order valence-electron chi connectivity index (χ1n) is 8.47. The first kappa shape index (κ1) is 19.1. The summed E-state index contributed by atoms with van der Waals surface area (Å²) in [5.41, 5.74) is 0.501. The minimum absolute atomic E-state index is 0.0154. The van der Waals surface area contributed by atoms with E-state index in [1.807, 2.05) is 0 Å². The van der Waals surface area contributed by atoms with Crippen LogP contribution in [0.25, 0.3) is 22.6 Å². The topological polar surface area (TPSA) is 136 Å². The van der Waals surface area contributed by atoms with Crippen LogP contribution in [0.2, 0.25) is 0 Å². The molecule has 0 saturated heterocycles. The molecule has 0 amide bonds. The third-order valence-electron chi connectivity index (χ3n) is 4.17. The largest absolute Gasteiger partial charge is 0.436 e. The molecule has 0 radical (unpaired) electrons. The molecule has 1 heterocycles. The van der Waals surface area contributed by atoms with Gasteiger partial charge in [-0.2, -0.15) is 13.7 Å². The van der Waals surface area contributed by atoms with Crippen molar-refractivity contribution in [3.05, 3.63) is 82.4 Å². The fourth-order valence-corrected chi connectivity index (χ4v) is 3.90. The number of nitro benzene ring substituents is 1. The number of benzene rings is 3. The van der Waals surface area contributed by atoms with Crippen LogP contribution in [0, 0.1) is 21.4 Å². The highest BCUT2D eigenvalue weighted by atomic mass is 32.2. The van der Waals surface area contributed by atoms with Gasteiger partial charge in [0.1, 0.15) is 16.5 Å². The van der Waals surface area contributed by atoms with Crippen LogP contribution in [0.5, 0.6) is 5.75 Å². The average Bonchev–Trinajstić information content (AvgIpc) is 3.17. The zero-order valence-corrected chi connectivity index (χ0v) is 15.9. The van der Waals surface area contributed by atoms with Gasteiger partial charge in [-0.1, -0.05) is 24.3 Å². The number of fused-ring (bicyclic) bond motifs is 1. The molecule has 0 atom stereocenters. The number of hydrogen-bond donors (Lipinski definition) is 0. The lowest BCUT2D eigenvalue weighted by molar-refractivity contribution is -0.384. The molecule has 30 heavy (non-hydrogen) atoms. The van der Waals surface area contributed by atoms with Crippen LogP contribution in [0.3, 0.4) is 0 Å². The van der Waals surface area contributed by atoms with E-state index in [0.717, 1.165) is 18.2 Å². The Morgan fingerprint density at radius 2 is 1.80 bits per heavy atom. The summed E-state index contributed by atoms with van der Waals surface area (Å²) in [5, 5.41) is 20.4. The van der Waals surface area contributed by atoms with Crippen LogP contribution in [-0.2, 0) is 10.1 Å². The molecule has 0 fully saturated rings. The number of nitro groups is 1. The molecule has 148 valence electrons. The summed E-state index contributed by atoms with van der Waals surface area (Å²) in [5.74, 6) is -0.265. The van der Waals surface area contributed by atoms with Crippen LogP contribution in [0.4, 0.5) is 5.69 Å². The number of nitriles is 1. The molecule has 10 heteroatoms. The van der Waals surface area contributed by atoms with Crippen molar-refractivity contribution in [3.8, 4) is 23.3 Å². The van der Waals surface area contributed by atoms with E-state index in [0.29, 0.717) is 11.1 Å². The second kappa shape index (κ2) is 7.31. The van der Waals surface area contributed by atoms with Gasteiger partial charge in [0.2, 0.25) is 5.89 Å². The Labute approximate surface area is 170 Å². The zero-order valence-electron chi connectivity index (χ0n) is 15.1. The molecule has 0 aliphatic rings. The molecular weight excluding hydrogens is 410 g/mol. The minimum atomic E-state index is -4.41. The zero-order chi connectivity index (χ0) is 21.3. The second-order valence-electron chi connectivity index (χ2n) is 6.07. The van der Waals surface area contributed by atoms with E-state index >= 15 is 0 Å². The molecule has 4 rings (SSSR count). The van der Waals surface area contributed by atoms with Gasteiger partial charge in [-0.3, -0.25) is 10.1 Å². The van der Waals surface area contributed by atoms with Gasteiger partial charge in [0, 0.05) is 12.1 Å². The van der Waals surface area contributed by atoms with E-state index in [4.69, 9.17) is 8.60 Å². The van der Waals surface area contributed by atoms with Crippen molar-refractivity contribution in [3.63, 3.8) is 0 Å². The molecule has 0 aliphatic carbocycles. The van der Waals surface area contributed by atoms with E-state index in [-0.39, 0.29) is 33.4 Å². The molecule has 0 N–H and O–H groups in total. The number of oxazole rings is 1. The molecule has 0 bridgehead atoms. The molecule has 0 spiro atoms. The van der Waals surface area contributed by atoms with Crippen LogP contribution in [-0.4, -0.2) is 18.3 Å². The van der Waals surface area contributed by atoms with Crippen LogP contribution < -0.4 is 4.18 Å². The van der Waals surface area contributed by atoms with E-state index in [1.165, 1.54) is 24.3 Å². The van der Waals surface area contributed by atoms with E-state index in [9.17, 15) is 23.8 Å². The number of non-ortho nitro benzene ring substituents is 1. The van der Waals surface area contributed by atoms with Gasteiger partial charge in [-0.25, -0.2) is 4.98 Å². The summed E-state index contributed by atoms with van der Waals surface area (Å²) >= 11 is 0. The molecule has 0 unspecified atom stereocenters. The number of aromatic nitrogens is 1. The van der Waals surface area contributed by atoms with Gasteiger partial charge in [0.05, 0.1) is 16.1 Å². The number of rotatable bonds is 5. The van der Waals surface area contributed by atoms with Gasteiger partial charge in [0.15, 0.2) is 11.3 Å². The van der Waals surface area contributed by atoms with E-state index < -0.39 is 15.0 Å². The van der Waals surface area contributed by atoms with Crippen molar-refractivity contribution in [2.45, 2.75) is 4.90 Å². The number of hydrogen-bond acceptors (Lipinski definition) is 8. The van der Waals surface area contributed by atoms with Crippen LogP contribution in [0.1, 0.15) is 5.56 Å². The first-order valence-corrected chi connectivity index (χ1v) is 9.88. The summed E-state index contributed by atoms with van der Waals surface area (Å²) < 4.78 is 36.5. The maximum Gasteiger partial charge on any atom is 0.340 e. The maximum absolute atomic E-state index is 12.8. The van der Waals surface area contributed by atoms with Gasteiger partial charge in [0.25, 0.3) is 5.69 Å². The fraction of sp³-hybridized carbons (Fsp3) is 0. The van der Waals surface area contributed by atoms with Gasteiger partial charge >= 0.3 is 10.1 Å². The SMILES string of the molecule is N#Cc1ccccc1S(=O)(=O)Oc1ccc([N+](=O)[O-])cc1-c1nc2ccccc2o1. The van der Waals surface area contributed by atoms with Crippen molar-refractivity contribution in [2.24, 2.45) is 0 Å². The van der Waals surface area contributed by atoms with Crippen molar-refractivity contribution in [1.82, 2.24) is 4.98 Å². The Bertz CT molecular complexity index is 1400. The maximum atomic E-state index is 12.8. The molecule has 0 aliphatic heterocycles. The lowest BCUT2D eigenvalue weighted by atomic mass is 10.2. The van der Waals surface area contributed by atoms with E-state index in [2.05, 4.69) is 4.98 Å². The minimum Gasteiger partial charge on any atom is -0.436 e. The normalized spacial score (nSPS) is 11.2. The van der Waals surface area contributed by atoms with Crippen LogP contribution >= 0.6 is 0 Å². The third kappa shape index (κ3) is 3.45. The Morgan fingerprint density at radius 3 is 2.53 bits per heavy atom. The summed E-state index contributed by atoms with van der Waals surface area (Å²) in [7, 11) is -4.41. The summed E-state index contributed by atoms with van der Waals surface area (Å²) in [4.78, 5) is 14.5. The molecular formula is C20H11N3O6S. The Balaban J connectivity index is 1.86. The Hall–Kier alpha value is -4.23. The third-order valence-corrected chi connectivity index (χ3v) is 5.47. The van der Waals surface area contributed by atoms with Crippen molar-refractivity contribution in [1.29, 1.82) is 5.26 Å². The lowest BCUT2D eigenvalue weighted by Crippen LogP contribution is -2.12. The predicted octanol–water partition coefficient (Wildman–Crippen LogP) is 4.04. The van der Waals surface area contributed by atoms with Crippen molar-refractivity contribution in [2.75, 3.05) is 0 Å². The smallest absolute Gasteiger partial charge is 0.340 e. The van der Waals surface area contributed by atoms with Crippen LogP contribution in [0.15, 0.2) is 76.0 Å². The molecule has 4 aromatic rings. The molecule has 3 aromatic carbocycles. The van der Waals surface area contributed by atoms with Gasteiger partial charge < -0.3 is 8.60 Å². The standard InChI is InChI=1S/C20H11N3O6S/c21-12-13-5-1-4-8-19(13)30(26,27)29-17-10-9-14(23(24)25)11-15(17)20-22-16-6-2-3-7-18(16)28-20/h1-11H. The first-order chi connectivity index (χ1) is 14.4. The summed E-state index contributed by atoms with van der Waals surface area (Å²) in [6.45, 7) is 0. The highest BCUT2D eigenvalue weighted by Crippen LogP contribution is 2.36. The fourth-order valence-electron chi connectivity index (χ4n) is 2.80. The highest BCUT2D eigenvalue weighted by Gasteiger charge is 2.25. The predicted molar refractivity (Wildman–Crippen MR) is 105 cm³/mol. The molecule has 9 nitrogen and oxygen atoms in total. The Kier molecular flexibility index (Phi) is 4.65. The summed E-state index contributed by atoms with van der Waals surface area (Å²) in [6, 6.07) is 17.5. The molecule has 1 aromatic heterocycles. The second-order valence-corrected chi connectivity index (χ2v) is 7.58. The quantitative estimate of drug-likeness (QED) is 0.267. The number of nitrogens with zero attached hydrogens (tertiary/aromatic N) is 3. The monoisotopic (exact) mass is 421 g/mol. The van der Waals surface area contributed by atoms with Gasteiger partial charge in [-0.15, -0.1) is 0 Å². The average molecular weight is 421 g/mol. The number of para-hydroxylation sites is 2. The summed E-state index contributed by atoms with van der Waals surface area (Å²) in [6.07, 6.45) is 0. The van der Waals surface area contributed by atoms with E-state index in [1.54, 1.807) is 30.3 Å². The Morgan fingerprint density at radius 1 is 1.07 bits per heavy atom. The lowest BCUT2D eigenvalue weighted by Gasteiger charge is -2.10. The van der Waals surface area contributed by atoms with Gasteiger partial charge in [-0.05, 0) is 30.3 Å². The molecule has 0 saturated carbocycles. The van der Waals surface area contributed by atoms with Crippen molar-refractivity contribution >= 4 is 26.9 Å². The van der Waals surface area contributed by atoms with Crippen molar-refractivity contribution < 1.29 is 21.9 Å². The highest BCUT2D eigenvalue weighted by molar-refractivity contribution is 7.87.